The summed E-state index contributed by atoms with van der Waals surface area (Å²) in [6.07, 6.45) is 1.75. The molecule has 1 aliphatic heterocycles. The summed E-state index contributed by atoms with van der Waals surface area (Å²) in [7, 11) is 0. The summed E-state index contributed by atoms with van der Waals surface area (Å²) in [5.74, 6) is 0.564. The Balaban J connectivity index is 1.68. The lowest BCUT2D eigenvalue weighted by molar-refractivity contribution is 0.349. The van der Waals surface area contributed by atoms with Crippen LogP contribution in [-0.4, -0.2) is 17.0 Å². The van der Waals surface area contributed by atoms with Crippen molar-refractivity contribution >= 4 is 17.3 Å². The number of alkyl halides is 1. The Morgan fingerprint density at radius 2 is 2.16 bits per heavy atom. The van der Waals surface area contributed by atoms with Gasteiger partial charge in [-0.15, -0.1) is 11.6 Å². The number of nitrogens with zero attached hydrogens (tertiary/aromatic N) is 4. The van der Waals surface area contributed by atoms with Crippen LogP contribution in [0.4, 0.5) is 5.69 Å². The number of nitriles is 1. The molecule has 1 aromatic rings. The van der Waals surface area contributed by atoms with Crippen LogP contribution in [0.1, 0.15) is 12.8 Å². The summed E-state index contributed by atoms with van der Waals surface area (Å²) in [5, 5.41) is 20.0. The first kappa shape index (κ1) is 11.2. The van der Waals surface area contributed by atoms with Gasteiger partial charge in [0.1, 0.15) is 10.9 Å². The lowest BCUT2D eigenvalue weighted by atomic mass is 9.82. The minimum atomic E-state index is -0.725. The average Bonchev–Trinajstić information content (AvgIpc) is 3.09. The predicted molar refractivity (Wildman–Crippen MR) is 71.8 cm³/mol. The zero-order valence-electron chi connectivity index (χ0n) is 10.3. The van der Waals surface area contributed by atoms with Gasteiger partial charge >= 0.3 is 0 Å². The molecule has 1 aromatic carbocycles. The van der Waals surface area contributed by atoms with E-state index in [-0.39, 0.29) is 18.0 Å². The van der Waals surface area contributed by atoms with E-state index in [1.807, 2.05) is 35.3 Å². The molecule has 2 aliphatic carbocycles. The monoisotopic (exact) mass is 272 g/mol. The summed E-state index contributed by atoms with van der Waals surface area (Å²) in [4.78, 5) is -0.725. The highest BCUT2D eigenvalue weighted by Gasteiger charge is 2.64. The lowest BCUT2D eigenvalue weighted by Crippen LogP contribution is -2.46. The third kappa shape index (κ3) is 1.39. The number of hydrogen-bond donors (Lipinski definition) is 0. The standard InChI is InChI=1S/C14H13ClN4/c15-14(8-16)7-9-6-11(14)12-13(9)19(18-17-12)10-4-2-1-3-5-10/h1-5,9,11-13H,6-7H2. The van der Waals surface area contributed by atoms with Crippen LogP contribution in [-0.2, 0) is 0 Å². The molecule has 0 N–H and O–H groups in total. The number of benzene rings is 1. The molecule has 4 rings (SSSR count). The molecule has 0 saturated heterocycles. The van der Waals surface area contributed by atoms with Gasteiger partial charge in [0.25, 0.3) is 0 Å². The van der Waals surface area contributed by atoms with Gasteiger partial charge in [-0.1, -0.05) is 23.4 Å². The summed E-state index contributed by atoms with van der Waals surface area (Å²) in [6, 6.07) is 12.8. The molecular weight excluding hydrogens is 260 g/mol. The van der Waals surface area contributed by atoms with Gasteiger partial charge in [-0.25, -0.2) is 5.01 Å². The van der Waals surface area contributed by atoms with Crippen molar-refractivity contribution in [1.29, 1.82) is 5.26 Å². The first-order valence-corrected chi connectivity index (χ1v) is 6.96. The third-order valence-corrected chi connectivity index (χ3v) is 5.24. The number of hydrogen-bond acceptors (Lipinski definition) is 4. The van der Waals surface area contributed by atoms with E-state index in [2.05, 4.69) is 16.4 Å². The van der Waals surface area contributed by atoms with Crippen molar-refractivity contribution in [2.24, 2.45) is 22.2 Å². The number of fused-ring (bicyclic) bond motifs is 5. The van der Waals surface area contributed by atoms with Gasteiger partial charge in [-0.05, 0) is 30.9 Å². The molecule has 5 atom stereocenters. The first-order chi connectivity index (χ1) is 9.23. The number of rotatable bonds is 1. The minimum Gasteiger partial charge on any atom is -0.242 e. The van der Waals surface area contributed by atoms with Crippen LogP contribution in [0.25, 0.3) is 0 Å². The molecule has 2 fully saturated rings. The SMILES string of the molecule is N#CC1(Cl)CC2CC1C1N=NN(c3ccccc3)C21. The van der Waals surface area contributed by atoms with Crippen molar-refractivity contribution in [3.05, 3.63) is 30.3 Å². The fraction of sp³-hybridized carbons (Fsp3) is 0.500. The maximum atomic E-state index is 9.28. The molecule has 1 heterocycles. The van der Waals surface area contributed by atoms with Crippen LogP contribution in [0.5, 0.6) is 0 Å². The minimum absolute atomic E-state index is 0.0797. The Hall–Kier alpha value is -1.60. The van der Waals surface area contributed by atoms with Gasteiger partial charge in [0.05, 0.1) is 17.8 Å². The quantitative estimate of drug-likeness (QED) is 0.738. The van der Waals surface area contributed by atoms with Gasteiger partial charge in [0.2, 0.25) is 0 Å². The molecule has 5 heteroatoms. The topological polar surface area (TPSA) is 51.8 Å². The summed E-state index contributed by atoms with van der Waals surface area (Å²) < 4.78 is 0. The zero-order chi connectivity index (χ0) is 13.0. The van der Waals surface area contributed by atoms with Gasteiger partial charge in [0, 0.05) is 5.92 Å². The van der Waals surface area contributed by atoms with E-state index < -0.39 is 4.87 Å². The van der Waals surface area contributed by atoms with Crippen LogP contribution < -0.4 is 5.01 Å². The Morgan fingerprint density at radius 3 is 2.89 bits per heavy atom. The van der Waals surface area contributed by atoms with Crippen molar-refractivity contribution in [1.82, 2.24) is 0 Å². The maximum absolute atomic E-state index is 9.28. The summed E-state index contributed by atoms with van der Waals surface area (Å²) >= 11 is 6.43. The van der Waals surface area contributed by atoms with E-state index in [0.29, 0.717) is 5.92 Å². The molecule has 2 bridgehead atoms. The van der Waals surface area contributed by atoms with Crippen molar-refractivity contribution in [3.63, 3.8) is 0 Å². The molecule has 96 valence electrons. The number of anilines is 1. The van der Waals surface area contributed by atoms with Gasteiger partial charge in [0.15, 0.2) is 0 Å². The Bertz CT molecular complexity index is 581. The molecule has 4 nitrogen and oxygen atoms in total. The van der Waals surface area contributed by atoms with Gasteiger partial charge in [-0.2, -0.15) is 10.4 Å². The predicted octanol–water partition coefficient (Wildman–Crippen LogP) is 3.15. The van der Waals surface area contributed by atoms with Crippen LogP contribution in [0, 0.1) is 23.2 Å². The second-order valence-electron chi connectivity index (χ2n) is 5.65. The molecular formula is C14H13ClN4. The molecule has 0 spiro atoms. The summed E-state index contributed by atoms with van der Waals surface area (Å²) in [6.45, 7) is 0. The smallest absolute Gasteiger partial charge is 0.136 e. The number of para-hydroxylation sites is 1. The van der Waals surface area contributed by atoms with Crippen molar-refractivity contribution < 1.29 is 0 Å². The highest BCUT2D eigenvalue weighted by atomic mass is 35.5. The van der Waals surface area contributed by atoms with Crippen molar-refractivity contribution in [3.8, 4) is 6.07 Å². The zero-order valence-corrected chi connectivity index (χ0v) is 11.0. The Labute approximate surface area is 116 Å². The molecule has 5 unspecified atom stereocenters. The molecule has 19 heavy (non-hydrogen) atoms. The van der Waals surface area contributed by atoms with E-state index in [0.717, 1.165) is 18.5 Å². The van der Waals surface area contributed by atoms with Crippen LogP contribution in [0.3, 0.4) is 0 Å². The average molecular weight is 273 g/mol. The third-order valence-electron chi connectivity index (χ3n) is 4.72. The highest BCUT2D eigenvalue weighted by Crippen LogP contribution is 2.58. The first-order valence-electron chi connectivity index (χ1n) is 6.58. The Morgan fingerprint density at radius 1 is 1.37 bits per heavy atom. The molecule has 0 amide bonds. The molecule has 3 aliphatic rings. The van der Waals surface area contributed by atoms with Crippen LogP contribution in [0.15, 0.2) is 40.7 Å². The van der Waals surface area contributed by atoms with Crippen molar-refractivity contribution in [2.45, 2.75) is 29.8 Å². The fourth-order valence-electron chi connectivity index (χ4n) is 3.92. The van der Waals surface area contributed by atoms with E-state index in [9.17, 15) is 5.26 Å². The largest absolute Gasteiger partial charge is 0.242 e. The van der Waals surface area contributed by atoms with Gasteiger partial charge < -0.3 is 0 Å². The lowest BCUT2D eigenvalue weighted by Gasteiger charge is -2.34. The second kappa shape index (κ2) is 3.71. The van der Waals surface area contributed by atoms with Crippen LogP contribution >= 0.6 is 11.6 Å². The summed E-state index contributed by atoms with van der Waals surface area (Å²) in [5.41, 5.74) is 1.07. The van der Waals surface area contributed by atoms with E-state index in [4.69, 9.17) is 11.6 Å². The normalized spacial score (nSPS) is 42.4. The number of halogens is 1. The highest BCUT2D eigenvalue weighted by molar-refractivity contribution is 6.26. The van der Waals surface area contributed by atoms with E-state index in [1.165, 1.54) is 0 Å². The van der Waals surface area contributed by atoms with Crippen LogP contribution in [0.2, 0.25) is 0 Å². The van der Waals surface area contributed by atoms with E-state index in [1.54, 1.807) is 0 Å². The second-order valence-corrected chi connectivity index (χ2v) is 6.32. The van der Waals surface area contributed by atoms with Crippen molar-refractivity contribution in [2.75, 3.05) is 5.01 Å². The Kier molecular flexibility index (Phi) is 2.19. The van der Waals surface area contributed by atoms with E-state index >= 15 is 0 Å². The van der Waals surface area contributed by atoms with Gasteiger partial charge in [-0.3, -0.25) is 0 Å². The maximum Gasteiger partial charge on any atom is 0.136 e. The molecule has 0 radical (unpaired) electrons. The fourth-order valence-corrected chi connectivity index (χ4v) is 4.33. The molecule has 0 aromatic heterocycles. The molecule has 2 saturated carbocycles.